The summed E-state index contributed by atoms with van der Waals surface area (Å²) in [6, 6.07) is 0.575. The fourth-order valence-corrected chi connectivity index (χ4v) is 4.15. The first-order chi connectivity index (χ1) is 9.81. The number of aromatic nitrogens is 4. The highest BCUT2D eigenvalue weighted by Gasteiger charge is 2.27. The number of nitrogens with zero attached hydrogens (tertiary/aromatic N) is 4. The smallest absolute Gasteiger partial charge is 0.234 e. The molecule has 6 nitrogen and oxygen atoms in total. The number of nitrogens with one attached hydrogen (secondary N) is 1. The second-order valence-corrected chi connectivity index (χ2v) is 6.82. The van der Waals surface area contributed by atoms with Crippen LogP contribution in [0.4, 0.5) is 0 Å². The maximum atomic E-state index is 5.45. The molecule has 3 unspecified atom stereocenters. The average Bonchev–Trinajstić information content (AvgIpc) is 3.14. The van der Waals surface area contributed by atoms with E-state index in [2.05, 4.69) is 22.4 Å². The van der Waals surface area contributed by atoms with Crippen molar-refractivity contribution in [3.63, 3.8) is 0 Å². The topological polar surface area (TPSA) is 64.3 Å². The van der Waals surface area contributed by atoms with Crippen LogP contribution in [0.3, 0.4) is 0 Å². The van der Waals surface area contributed by atoms with Gasteiger partial charge >= 0.3 is 0 Å². The normalized spacial score (nSPS) is 31.1. The van der Waals surface area contributed by atoms with E-state index in [0.717, 1.165) is 49.8 Å². The van der Waals surface area contributed by atoms with E-state index in [1.54, 1.807) is 11.3 Å². The SMILES string of the molecule is CC1CC(c2nn3c(C4CCOC4)nnc3s2)CCN1. The number of ether oxygens (including phenoxy) is 1. The second kappa shape index (κ2) is 5.05. The van der Waals surface area contributed by atoms with Gasteiger partial charge in [-0.2, -0.15) is 9.61 Å². The van der Waals surface area contributed by atoms with Crippen LogP contribution in [-0.2, 0) is 4.74 Å². The van der Waals surface area contributed by atoms with E-state index in [-0.39, 0.29) is 0 Å². The van der Waals surface area contributed by atoms with Gasteiger partial charge in [0, 0.05) is 24.5 Å². The van der Waals surface area contributed by atoms with Crippen molar-refractivity contribution in [2.24, 2.45) is 0 Å². The minimum Gasteiger partial charge on any atom is -0.381 e. The molecule has 0 radical (unpaired) electrons. The quantitative estimate of drug-likeness (QED) is 0.910. The summed E-state index contributed by atoms with van der Waals surface area (Å²) in [7, 11) is 0. The lowest BCUT2D eigenvalue weighted by Gasteiger charge is -2.26. The summed E-state index contributed by atoms with van der Waals surface area (Å²) in [5.41, 5.74) is 0. The van der Waals surface area contributed by atoms with Crippen LogP contribution in [0.15, 0.2) is 0 Å². The van der Waals surface area contributed by atoms with E-state index in [4.69, 9.17) is 9.84 Å². The first-order valence-electron chi connectivity index (χ1n) is 7.34. The molecule has 0 saturated carbocycles. The number of piperidine rings is 1. The van der Waals surface area contributed by atoms with Crippen LogP contribution in [0, 0.1) is 0 Å². The molecular weight excluding hydrogens is 274 g/mol. The Hall–Kier alpha value is -1.05. The van der Waals surface area contributed by atoms with E-state index in [9.17, 15) is 0 Å². The van der Waals surface area contributed by atoms with Crippen LogP contribution in [0.5, 0.6) is 0 Å². The molecule has 2 fully saturated rings. The summed E-state index contributed by atoms with van der Waals surface area (Å²) in [5.74, 6) is 1.89. The predicted octanol–water partition coefficient (Wildman–Crippen LogP) is 1.55. The zero-order valence-corrected chi connectivity index (χ0v) is 12.4. The highest BCUT2D eigenvalue weighted by molar-refractivity contribution is 7.16. The fraction of sp³-hybridized carbons (Fsp3) is 0.769. The minimum atomic E-state index is 0.354. The van der Waals surface area contributed by atoms with Gasteiger partial charge < -0.3 is 10.1 Å². The van der Waals surface area contributed by atoms with E-state index in [1.807, 2.05) is 4.52 Å². The van der Waals surface area contributed by atoms with Gasteiger partial charge in [0.1, 0.15) is 5.01 Å². The van der Waals surface area contributed by atoms with Crippen molar-refractivity contribution in [2.75, 3.05) is 19.8 Å². The van der Waals surface area contributed by atoms with Gasteiger partial charge in [0.15, 0.2) is 5.82 Å². The zero-order chi connectivity index (χ0) is 13.5. The second-order valence-electron chi connectivity index (χ2n) is 5.83. The lowest BCUT2D eigenvalue weighted by Crippen LogP contribution is -2.34. The van der Waals surface area contributed by atoms with Gasteiger partial charge in [-0.15, -0.1) is 10.2 Å². The predicted molar refractivity (Wildman–Crippen MR) is 76.3 cm³/mol. The van der Waals surface area contributed by atoms with Crippen LogP contribution >= 0.6 is 11.3 Å². The standard InChI is InChI=1S/C13H19N5OS/c1-8-6-9(2-4-14-8)12-17-18-11(10-3-5-19-7-10)15-16-13(18)20-12/h8-10,14H,2-7H2,1H3. The maximum absolute atomic E-state index is 5.45. The Kier molecular flexibility index (Phi) is 3.20. The molecule has 0 amide bonds. The Morgan fingerprint density at radius 1 is 1.30 bits per heavy atom. The molecule has 2 aliphatic heterocycles. The summed E-state index contributed by atoms with van der Waals surface area (Å²) in [6.45, 7) is 4.89. The van der Waals surface area contributed by atoms with Gasteiger partial charge in [-0.1, -0.05) is 11.3 Å². The van der Waals surface area contributed by atoms with Crippen LogP contribution < -0.4 is 5.32 Å². The van der Waals surface area contributed by atoms with E-state index in [1.165, 1.54) is 5.01 Å². The first kappa shape index (κ1) is 12.7. The number of hydrogen-bond donors (Lipinski definition) is 1. The molecule has 0 spiro atoms. The summed E-state index contributed by atoms with van der Waals surface area (Å²) in [5, 5.41) is 18.1. The number of rotatable bonds is 2. The molecule has 0 bridgehead atoms. The molecule has 4 heterocycles. The summed E-state index contributed by atoms with van der Waals surface area (Å²) >= 11 is 1.70. The molecule has 2 aliphatic rings. The molecule has 2 saturated heterocycles. The molecule has 108 valence electrons. The van der Waals surface area contributed by atoms with Crippen molar-refractivity contribution < 1.29 is 4.74 Å². The van der Waals surface area contributed by atoms with Crippen molar-refractivity contribution in [1.29, 1.82) is 0 Å². The maximum Gasteiger partial charge on any atom is 0.234 e. The monoisotopic (exact) mass is 293 g/mol. The minimum absolute atomic E-state index is 0.354. The van der Waals surface area contributed by atoms with Gasteiger partial charge in [-0.25, -0.2) is 0 Å². The lowest BCUT2D eigenvalue weighted by molar-refractivity contribution is 0.193. The summed E-state index contributed by atoms with van der Waals surface area (Å²) < 4.78 is 7.40. The Morgan fingerprint density at radius 3 is 3.05 bits per heavy atom. The van der Waals surface area contributed by atoms with Crippen molar-refractivity contribution in [3.8, 4) is 0 Å². The highest BCUT2D eigenvalue weighted by Crippen LogP contribution is 2.32. The van der Waals surface area contributed by atoms with Crippen LogP contribution in [0.2, 0.25) is 0 Å². The molecule has 20 heavy (non-hydrogen) atoms. The average molecular weight is 293 g/mol. The van der Waals surface area contributed by atoms with Crippen LogP contribution in [0.25, 0.3) is 4.96 Å². The fourth-order valence-electron chi connectivity index (χ4n) is 3.16. The molecule has 2 aromatic heterocycles. The molecule has 3 atom stereocenters. The third-order valence-corrected chi connectivity index (χ3v) is 5.36. The third kappa shape index (κ3) is 2.13. The Bertz CT molecular complexity index is 603. The highest BCUT2D eigenvalue weighted by atomic mass is 32.1. The van der Waals surface area contributed by atoms with Gasteiger partial charge in [0.05, 0.1) is 6.61 Å². The van der Waals surface area contributed by atoms with E-state index in [0.29, 0.717) is 17.9 Å². The van der Waals surface area contributed by atoms with Crippen molar-refractivity contribution >= 4 is 16.3 Å². The van der Waals surface area contributed by atoms with Crippen molar-refractivity contribution in [3.05, 3.63) is 10.8 Å². The third-order valence-electron chi connectivity index (χ3n) is 4.30. The molecular formula is C13H19N5OS. The van der Waals surface area contributed by atoms with E-state index >= 15 is 0 Å². The van der Waals surface area contributed by atoms with Crippen LogP contribution in [0.1, 0.15) is 48.9 Å². The largest absolute Gasteiger partial charge is 0.381 e. The van der Waals surface area contributed by atoms with Crippen molar-refractivity contribution in [1.82, 2.24) is 25.1 Å². The molecule has 0 aromatic carbocycles. The molecule has 0 aliphatic carbocycles. The number of fused-ring (bicyclic) bond motifs is 1. The first-order valence-corrected chi connectivity index (χ1v) is 8.16. The Balaban J connectivity index is 1.65. The molecule has 2 aromatic rings. The van der Waals surface area contributed by atoms with Gasteiger partial charge in [0.25, 0.3) is 0 Å². The van der Waals surface area contributed by atoms with Gasteiger partial charge in [0.2, 0.25) is 4.96 Å². The zero-order valence-electron chi connectivity index (χ0n) is 11.6. The molecule has 4 rings (SSSR count). The van der Waals surface area contributed by atoms with E-state index < -0.39 is 0 Å². The lowest BCUT2D eigenvalue weighted by atomic mass is 9.94. The number of hydrogen-bond acceptors (Lipinski definition) is 6. The molecule has 1 N–H and O–H groups in total. The summed E-state index contributed by atoms with van der Waals surface area (Å²) in [6.07, 6.45) is 3.35. The molecule has 7 heteroatoms. The van der Waals surface area contributed by atoms with Crippen LogP contribution in [-0.4, -0.2) is 45.6 Å². The van der Waals surface area contributed by atoms with Crippen molar-refractivity contribution in [2.45, 2.75) is 44.1 Å². The Labute approximate surface area is 121 Å². The summed E-state index contributed by atoms with van der Waals surface area (Å²) in [4.78, 5) is 0.924. The Morgan fingerprint density at radius 2 is 2.25 bits per heavy atom. The van der Waals surface area contributed by atoms with Gasteiger partial charge in [-0.3, -0.25) is 0 Å². The van der Waals surface area contributed by atoms with Gasteiger partial charge in [-0.05, 0) is 32.7 Å².